The third-order valence-electron chi connectivity index (χ3n) is 5.81. The van der Waals surface area contributed by atoms with Crippen LogP contribution in [-0.4, -0.2) is 84.8 Å². The number of carboxylic acid groups (broad SMARTS) is 1. The van der Waals surface area contributed by atoms with Crippen LogP contribution in [0.15, 0.2) is 29.3 Å². The van der Waals surface area contributed by atoms with Gasteiger partial charge in [0.25, 0.3) is 0 Å². The summed E-state index contributed by atoms with van der Waals surface area (Å²) in [6, 6.07) is 2.52. The Bertz CT molecular complexity index is 1080. The number of carboxylic acids is 1. The van der Waals surface area contributed by atoms with Crippen LogP contribution in [0, 0.1) is 5.92 Å². The molecule has 0 aliphatic rings. The topological polar surface area (TPSA) is 328 Å². The maximum atomic E-state index is 12.1. The van der Waals surface area contributed by atoms with Crippen LogP contribution in [0.5, 0.6) is 5.75 Å². The van der Waals surface area contributed by atoms with Crippen molar-refractivity contribution in [1.82, 2.24) is 0 Å². The monoisotopic (exact) mass is 612 g/mol. The van der Waals surface area contributed by atoms with Gasteiger partial charge in [0.05, 0.1) is 6.54 Å². The molecule has 43 heavy (non-hydrogen) atoms. The molecule has 0 aliphatic carbocycles. The van der Waals surface area contributed by atoms with Gasteiger partial charge in [-0.05, 0) is 42.9 Å². The molecule has 0 radical (unpaired) electrons. The molecule has 17 nitrogen and oxygen atoms in total. The number of ether oxygens (including phenoxy) is 3. The fourth-order valence-corrected chi connectivity index (χ4v) is 2.90. The number of nitrogens with zero attached hydrogens (tertiary/aromatic N) is 1. The van der Waals surface area contributed by atoms with Gasteiger partial charge in [-0.2, -0.15) is 0 Å². The van der Waals surface area contributed by atoms with Gasteiger partial charge in [0.2, 0.25) is 0 Å². The number of aliphatic carboxylic acids is 1. The molecule has 17 heteroatoms. The zero-order valence-electron chi connectivity index (χ0n) is 24.3. The van der Waals surface area contributed by atoms with Crippen molar-refractivity contribution >= 4 is 35.8 Å². The fraction of sp³-hybridized carbons (Fsp3) is 0.538. The van der Waals surface area contributed by atoms with Gasteiger partial charge >= 0.3 is 29.8 Å². The Morgan fingerprint density at radius 2 is 1.49 bits per heavy atom. The van der Waals surface area contributed by atoms with E-state index >= 15 is 0 Å². The summed E-state index contributed by atoms with van der Waals surface area (Å²) in [7, 11) is 0. The predicted molar refractivity (Wildman–Crippen MR) is 156 cm³/mol. The lowest BCUT2D eigenvalue weighted by Crippen LogP contribution is -2.40. The lowest BCUT2D eigenvalue weighted by atomic mass is 10.0. The van der Waals surface area contributed by atoms with Crippen molar-refractivity contribution in [3.8, 4) is 5.75 Å². The second-order valence-corrected chi connectivity index (χ2v) is 9.41. The highest BCUT2D eigenvalue weighted by atomic mass is 16.6. The van der Waals surface area contributed by atoms with E-state index in [2.05, 4.69) is 9.73 Å². The molecule has 0 saturated heterocycles. The molecule has 1 rings (SSSR count). The van der Waals surface area contributed by atoms with E-state index in [0.29, 0.717) is 24.3 Å². The normalized spacial score (nSPS) is 13.9. The van der Waals surface area contributed by atoms with Gasteiger partial charge in [0, 0.05) is 6.54 Å². The largest absolute Gasteiger partial charge is 0.480 e. The summed E-state index contributed by atoms with van der Waals surface area (Å²) in [5.74, 6) is -3.87. The number of nitrogens with two attached hydrogens (primary N) is 7. The average Bonchev–Trinajstić information content (AvgIpc) is 2.97. The van der Waals surface area contributed by atoms with Gasteiger partial charge in [0.1, 0.15) is 36.5 Å². The fourth-order valence-electron chi connectivity index (χ4n) is 2.90. The molecule has 0 aromatic heterocycles. The Morgan fingerprint density at radius 1 is 0.907 bits per heavy atom. The van der Waals surface area contributed by atoms with Gasteiger partial charge in [0.15, 0.2) is 5.96 Å². The molecule has 0 saturated carbocycles. The first-order valence-electron chi connectivity index (χ1n) is 13.3. The highest BCUT2D eigenvalue weighted by molar-refractivity contribution is 5.90. The van der Waals surface area contributed by atoms with Crippen LogP contribution in [0.4, 0.5) is 0 Å². The van der Waals surface area contributed by atoms with E-state index in [1.807, 2.05) is 13.8 Å². The number of aliphatic imine (C=N–C) groups is 1. The van der Waals surface area contributed by atoms with Crippen LogP contribution >= 0.6 is 0 Å². The average molecular weight is 613 g/mol. The molecule has 0 spiro atoms. The maximum Gasteiger partial charge on any atom is 0.330 e. The summed E-state index contributed by atoms with van der Waals surface area (Å²) in [4.78, 5) is 60.3. The van der Waals surface area contributed by atoms with Crippen molar-refractivity contribution in [1.29, 1.82) is 0 Å². The molecule has 15 N–H and O–H groups in total. The van der Waals surface area contributed by atoms with E-state index < -0.39 is 54.0 Å². The Labute approximate surface area is 249 Å². The molecule has 5 atom stereocenters. The van der Waals surface area contributed by atoms with Crippen molar-refractivity contribution in [2.24, 2.45) is 51.0 Å². The van der Waals surface area contributed by atoms with Gasteiger partial charge in [-0.3, -0.25) is 14.6 Å². The summed E-state index contributed by atoms with van der Waals surface area (Å²) in [6.45, 7) is 3.51. The van der Waals surface area contributed by atoms with Crippen molar-refractivity contribution in [2.75, 3.05) is 19.7 Å². The summed E-state index contributed by atoms with van der Waals surface area (Å²) in [5, 5.41) is 8.22. The molecule has 1 aromatic carbocycles. The summed E-state index contributed by atoms with van der Waals surface area (Å²) in [5.41, 5.74) is 38.4. The maximum absolute atomic E-state index is 12.1. The number of hydrogen-bond donors (Lipinski definition) is 8. The molecular formula is C26H44N8O9. The van der Waals surface area contributed by atoms with E-state index in [4.69, 9.17) is 54.7 Å². The summed E-state index contributed by atoms with van der Waals surface area (Å²) in [6.07, 6.45) is 1.58. The first-order valence-corrected chi connectivity index (χ1v) is 13.3. The van der Waals surface area contributed by atoms with E-state index in [1.165, 1.54) is 0 Å². The van der Waals surface area contributed by atoms with E-state index in [0.717, 1.165) is 6.42 Å². The number of esters is 4. The molecule has 242 valence electrons. The highest BCUT2D eigenvalue weighted by Crippen LogP contribution is 2.16. The van der Waals surface area contributed by atoms with Crippen molar-refractivity contribution in [3.05, 3.63) is 29.8 Å². The Balaban J connectivity index is 0.00000135. The lowest BCUT2D eigenvalue weighted by Gasteiger charge is -2.17. The molecule has 0 fully saturated rings. The van der Waals surface area contributed by atoms with Crippen LogP contribution in [0.25, 0.3) is 0 Å². The minimum absolute atomic E-state index is 0.000134. The first kappa shape index (κ1) is 38.8. The van der Waals surface area contributed by atoms with Crippen LogP contribution in [0.2, 0.25) is 0 Å². The minimum Gasteiger partial charge on any atom is -0.480 e. The van der Waals surface area contributed by atoms with E-state index in [1.54, 1.807) is 24.3 Å². The van der Waals surface area contributed by atoms with Gasteiger partial charge in [-0.25, -0.2) is 14.4 Å². The van der Waals surface area contributed by atoms with Crippen molar-refractivity contribution in [2.45, 2.75) is 63.7 Å². The predicted octanol–water partition coefficient (Wildman–Crippen LogP) is -2.81. The third-order valence-corrected chi connectivity index (χ3v) is 5.81. The Kier molecular flexibility index (Phi) is 18.7. The molecular weight excluding hydrogens is 568 g/mol. The van der Waals surface area contributed by atoms with Gasteiger partial charge < -0.3 is 59.5 Å². The molecule has 0 aliphatic heterocycles. The zero-order chi connectivity index (χ0) is 33.1. The smallest absolute Gasteiger partial charge is 0.330 e. The zero-order valence-corrected chi connectivity index (χ0v) is 24.3. The number of carbonyl (C=O) groups is 5. The first-order chi connectivity index (χ1) is 20.1. The standard InChI is InChI=1S/C21H34N6O5.C5H10N2O4/c1-3-12(2)17(24)20(30)31-14-8-6-13(7-9-14)11-16(23)19(29)32-18(28)15(22)5-4-10-27-21(25)26;6-1-4(8)11-2-3(7)5(9)10/h6-9,12,15-17H,3-5,10-11,22-24H2,1-2H3,(H4,25,26,27);3H,1-2,6-7H2,(H,9,10)/t12-,15-,16-,17-;3-/m00/s1. The second-order valence-electron chi connectivity index (χ2n) is 9.41. The molecule has 0 unspecified atom stereocenters. The van der Waals surface area contributed by atoms with E-state index in [-0.39, 0.29) is 37.9 Å². The summed E-state index contributed by atoms with van der Waals surface area (Å²) < 4.78 is 14.4. The molecule has 0 amide bonds. The van der Waals surface area contributed by atoms with Crippen LogP contribution < -0.4 is 44.9 Å². The van der Waals surface area contributed by atoms with Crippen LogP contribution in [-0.2, 0) is 39.9 Å². The Hall–Kier alpha value is -4.16. The summed E-state index contributed by atoms with van der Waals surface area (Å²) >= 11 is 0. The SMILES string of the molecule is CC[C@H](C)[C@H](N)C(=O)Oc1ccc(C[C@H](N)C(=O)OC(=O)[C@@H](N)CCCN=C(N)N)cc1.NCC(=O)OC[C@H](N)C(=O)O. The van der Waals surface area contributed by atoms with Crippen LogP contribution in [0.3, 0.4) is 0 Å². The van der Waals surface area contributed by atoms with Gasteiger partial charge in [-0.1, -0.05) is 32.4 Å². The quantitative estimate of drug-likeness (QED) is 0.0233. The highest BCUT2D eigenvalue weighted by Gasteiger charge is 2.24. The Morgan fingerprint density at radius 3 is 2.00 bits per heavy atom. The van der Waals surface area contributed by atoms with Gasteiger partial charge in [-0.15, -0.1) is 0 Å². The van der Waals surface area contributed by atoms with Crippen LogP contribution in [0.1, 0.15) is 38.7 Å². The lowest BCUT2D eigenvalue weighted by molar-refractivity contribution is -0.161. The number of carbonyl (C=O) groups excluding carboxylic acids is 4. The number of benzene rings is 1. The third kappa shape index (κ3) is 16.8. The number of guanidine groups is 1. The van der Waals surface area contributed by atoms with E-state index in [9.17, 15) is 24.0 Å². The molecule has 1 aromatic rings. The number of rotatable bonds is 16. The van der Waals surface area contributed by atoms with Crippen molar-refractivity contribution in [3.63, 3.8) is 0 Å². The molecule has 0 bridgehead atoms. The second kappa shape index (κ2) is 20.7. The van der Waals surface area contributed by atoms with Crippen molar-refractivity contribution < 1.29 is 43.3 Å². The minimum atomic E-state index is -1.21. The molecule has 0 heterocycles. The number of hydrogen-bond acceptors (Lipinski definition) is 14.